The van der Waals surface area contributed by atoms with Crippen molar-refractivity contribution in [1.29, 1.82) is 0 Å². The van der Waals surface area contributed by atoms with Crippen molar-refractivity contribution in [1.82, 2.24) is 10.3 Å². The van der Waals surface area contributed by atoms with Gasteiger partial charge in [0.25, 0.3) is 0 Å². The van der Waals surface area contributed by atoms with E-state index < -0.39 is 0 Å². The monoisotopic (exact) mass is 292 g/mol. The number of thiazole rings is 1. The van der Waals surface area contributed by atoms with Crippen LogP contribution in [-0.4, -0.2) is 23.7 Å². The van der Waals surface area contributed by atoms with Crippen LogP contribution >= 0.6 is 11.3 Å². The lowest BCUT2D eigenvalue weighted by molar-refractivity contribution is -0.178. The molecule has 0 radical (unpaired) electrons. The minimum atomic E-state index is 0.422. The third-order valence-electron chi connectivity index (χ3n) is 5.80. The molecule has 0 amide bonds. The number of hydrogen-bond acceptors (Lipinski definition) is 4. The molecule has 2 heterocycles. The fourth-order valence-corrected chi connectivity index (χ4v) is 5.73. The van der Waals surface area contributed by atoms with Gasteiger partial charge in [0.05, 0.1) is 16.8 Å². The van der Waals surface area contributed by atoms with Gasteiger partial charge in [0.1, 0.15) is 0 Å². The molecule has 4 heteroatoms. The van der Waals surface area contributed by atoms with Crippen LogP contribution in [0.25, 0.3) is 0 Å². The van der Waals surface area contributed by atoms with Gasteiger partial charge in [-0.05, 0) is 40.0 Å². The molecule has 4 rings (SSSR count). The van der Waals surface area contributed by atoms with Gasteiger partial charge in [0.2, 0.25) is 0 Å². The zero-order chi connectivity index (χ0) is 13.9. The SMILES string of the molecule is Cc1nc(C)c([C@H](C)N[C@@H]2[C@@H]3CCO[C@H]3C23CCC3)s1. The molecule has 1 aromatic rings. The molecule has 3 fully saturated rings. The van der Waals surface area contributed by atoms with Gasteiger partial charge < -0.3 is 10.1 Å². The summed E-state index contributed by atoms with van der Waals surface area (Å²) >= 11 is 1.85. The van der Waals surface area contributed by atoms with Crippen LogP contribution in [0.5, 0.6) is 0 Å². The Labute approximate surface area is 125 Å². The summed E-state index contributed by atoms with van der Waals surface area (Å²) in [6.07, 6.45) is 5.92. The van der Waals surface area contributed by atoms with Crippen LogP contribution in [0.4, 0.5) is 0 Å². The molecule has 1 aromatic heterocycles. The van der Waals surface area contributed by atoms with Crippen LogP contribution in [-0.2, 0) is 4.74 Å². The number of aromatic nitrogens is 1. The normalized spacial score (nSPS) is 35.5. The summed E-state index contributed by atoms with van der Waals surface area (Å²) in [7, 11) is 0. The summed E-state index contributed by atoms with van der Waals surface area (Å²) in [6.45, 7) is 7.52. The first-order valence-electron chi connectivity index (χ1n) is 7.93. The molecular weight excluding hydrogens is 268 g/mol. The zero-order valence-corrected chi connectivity index (χ0v) is 13.4. The van der Waals surface area contributed by atoms with Gasteiger partial charge >= 0.3 is 0 Å². The van der Waals surface area contributed by atoms with E-state index >= 15 is 0 Å². The van der Waals surface area contributed by atoms with Crippen molar-refractivity contribution in [2.45, 2.75) is 64.6 Å². The van der Waals surface area contributed by atoms with Crippen LogP contribution in [0.2, 0.25) is 0 Å². The minimum absolute atomic E-state index is 0.422. The highest BCUT2D eigenvalue weighted by molar-refractivity contribution is 7.11. The maximum absolute atomic E-state index is 6.01. The predicted octanol–water partition coefficient (Wildman–Crippen LogP) is 3.37. The Hall–Kier alpha value is -0.450. The predicted molar refractivity (Wildman–Crippen MR) is 81.1 cm³/mol. The second-order valence-corrected chi connectivity index (χ2v) is 8.11. The molecule has 2 aliphatic carbocycles. The molecule has 4 atom stereocenters. The second-order valence-electron chi connectivity index (χ2n) is 6.88. The number of fused-ring (bicyclic) bond motifs is 2. The molecule has 1 saturated heterocycles. The number of rotatable bonds is 3. The Morgan fingerprint density at radius 1 is 1.40 bits per heavy atom. The lowest BCUT2D eigenvalue weighted by Gasteiger charge is -2.64. The van der Waals surface area contributed by atoms with Gasteiger partial charge in [0.15, 0.2) is 0 Å². The van der Waals surface area contributed by atoms with Gasteiger partial charge in [-0.2, -0.15) is 0 Å². The highest BCUT2D eigenvalue weighted by atomic mass is 32.1. The highest BCUT2D eigenvalue weighted by Gasteiger charge is 2.66. The van der Waals surface area contributed by atoms with Crippen molar-refractivity contribution in [3.05, 3.63) is 15.6 Å². The smallest absolute Gasteiger partial charge is 0.0900 e. The van der Waals surface area contributed by atoms with E-state index in [2.05, 4.69) is 31.1 Å². The second kappa shape index (κ2) is 4.52. The zero-order valence-electron chi connectivity index (χ0n) is 12.6. The van der Waals surface area contributed by atoms with Crippen molar-refractivity contribution in [2.75, 3.05) is 6.61 Å². The molecular formula is C16H24N2OS. The molecule has 1 aliphatic heterocycles. The molecule has 3 aliphatic rings. The number of ether oxygens (including phenoxy) is 1. The maximum Gasteiger partial charge on any atom is 0.0900 e. The van der Waals surface area contributed by atoms with Crippen molar-refractivity contribution < 1.29 is 4.74 Å². The molecule has 3 nitrogen and oxygen atoms in total. The maximum atomic E-state index is 6.01. The summed E-state index contributed by atoms with van der Waals surface area (Å²) in [4.78, 5) is 5.99. The molecule has 20 heavy (non-hydrogen) atoms. The van der Waals surface area contributed by atoms with E-state index in [1.165, 1.54) is 41.3 Å². The Bertz CT molecular complexity index is 523. The molecule has 0 aromatic carbocycles. The summed E-state index contributed by atoms with van der Waals surface area (Å²) in [5.41, 5.74) is 1.68. The van der Waals surface area contributed by atoms with E-state index in [9.17, 15) is 0 Å². The van der Waals surface area contributed by atoms with Crippen molar-refractivity contribution in [3.8, 4) is 0 Å². The fourth-order valence-electron chi connectivity index (χ4n) is 4.79. The number of nitrogens with one attached hydrogen (secondary N) is 1. The lowest BCUT2D eigenvalue weighted by atomic mass is 9.46. The first-order valence-corrected chi connectivity index (χ1v) is 8.75. The Morgan fingerprint density at radius 2 is 2.20 bits per heavy atom. The molecule has 0 bridgehead atoms. The van der Waals surface area contributed by atoms with Crippen molar-refractivity contribution in [3.63, 3.8) is 0 Å². The Balaban J connectivity index is 1.52. The minimum Gasteiger partial charge on any atom is -0.377 e. The summed E-state index contributed by atoms with van der Waals surface area (Å²) in [5.74, 6) is 0.757. The highest BCUT2D eigenvalue weighted by Crippen LogP contribution is 2.63. The van der Waals surface area contributed by atoms with Gasteiger partial charge in [-0.1, -0.05) is 6.42 Å². The van der Waals surface area contributed by atoms with E-state index in [4.69, 9.17) is 4.74 Å². The van der Waals surface area contributed by atoms with E-state index in [1.54, 1.807) is 0 Å². The van der Waals surface area contributed by atoms with Crippen LogP contribution in [0.1, 0.15) is 54.2 Å². The van der Waals surface area contributed by atoms with E-state index in [0.29, 0.717) is 23.6 Å². The van der Waals surface area contributed by atoms with Crippen molar-refractivity contribution in [2.24, 2.45) is 11.3 Å². The topological polar surface area (TPSA) is 34.2 Å². The average molecular weight is 292 g/mol. The fraction of sp³-hybridized carbons (Fsp3) is 0.812. The molecule has 2 saturated carbocycles. The summed E-state index contributed by atoms with van der Waals surface area (Å²) in [6, 6.07) is 1.09. The Kier molecular flexibility index (Phi) is 2.99. The number of nitrogens with zero attached hydrogens (tertiary/aromatic N) is 1. The molecule has 1 N–H and O–H groups in total. The van der Waals surface area contributed by atoms with Gasteiger partial charge in [0, 0.05) is 34.9 Å². The van der Waals surface area contributed by atoms with E-state index in [0.717, 1.165) is 12.5 Å². The lowest BCUT2D eigenvalue weighted by Crippen LogP contribution is -2.71. The number of aryl methyl sites for hydroxylation is 2. The largest absolute Gasteiger partial charge is 0.377 e. The summed E-state index contributed by atoms with van der Waals surface area (Å²) in [5, 5.41) is 5.12. The third kappa shape index (κ3) is 1.68. The standard InChI is InChI=1S/C16H24N2OS/c1-9-13(20-11(3)17-9)10(2)18-14-12-5-8-19-15(12)16(14)6-4-7-16/h10,12,14-15,18H,4-8H2,1-3H3/t10-,12-,14+,15+/m0/s1. The van der Waals surface area contributed by atoms with Gasteiger partial charge in [-0.25, -0.2) is 4.98 Å². The average Bonchev–Trinajstić information content (AvgIpc) is 2.89. The molecule has 0 unspecified atom stereocenters. The van der Waals surface area contributed by atoms with Gasteiger partial charge in [-0.3, -0.25) is 0 Å². The first kappa shape index (κ1) is 13.2. The van der Waals surface area contributed by atoms with Gasteiger partial charge in [-0.15, -0.1) is 11.3 Å². The van der Waals surface area contributed by atoms with E-state index in [-0.39, 0.29) is 0 Å². The van der Waals surface area contributed by atoms with Crippen LogP contribution in [0.3, 0.4) is 0 Å². The first-order chi connectivity index (χ1) is 9.62. The van der Waals surface area contributed by atoms with Crippen molar-refractivity contribution >= 4 is 11.3 Å². The summed E-state index contributed by atoms with van der Waals surface area (Å²) < 4.78 is 6.01. The van der Waals surface area contributed by atoms with Crippen LogP contribution < -0.4 is 5.32 Å². The number of hydrogen-bond donors (Lipinski definition) is 1. The third-order valence-corrected chi connectivity index (χ3v) is 7.05. The molecule has 1 spiro atoms. The quantitative estimate of drug-likeness (QED) is 0.927. The van der Waals surface area contributed by atoms with Crippen LogP contribution in [0, 0.1) is 25.2 Å². The van der Waals surface area contributed by atoms with E-state index in [1.807, 2.05) is 11.3 Å². The molecule has 110 valence electrons. The Morgan fingerprint density at radius 3 is 2.80 bits per heavy atom. The van der Waals surface area contributed by atoms with Crippen LogP contribution in [0.15, 0.2) is 0 Å².